The van der Waals surface area contributed by atoms with Gasteiger partial charge in [-0.15, -0.1) is 12.4 Å². The second kappa shape index (κ2) is 9.14. The highest BCUT2D eigenvalue weighted by Gasteiger charge is 2.32. The van der Waals surface area contributed by atoms with E-state index in [2.05, 4.69) is 10.6 Å². The van der Waals surface area contributed by atoms with Crippen LogP contribution in [0.5, 0.6) is 0 Å². The zero-order chi connectivity index (χ0) is 17.9. The van der Waals surface area contributed by atoms with E-state index in [4.69, 9.17) is 0 Å². The van der Waals surface area contributed by atoms with Crippen molar-refractivity contribution in [1.82, 2.24) is 14.9 Å². The Balaban J connectivity index is 0.00000243. The lowest BCUT2D eigenvalue weighted by Gasteiger charge is -2.30. The molecular formula is C17H26ClN3O4S. The van der Waals surface area contributed by atoms with Crippen LogP contribution in [-0.4, -0.2) is 62.6 Å². The third-order valence-corrected chi connectivity index (χ3v) is 6.96. The van der Waals surface area contributed by atoms with E-state index in [0.717, 1.165) is 0 Å². The van der Waals surface area contributed by atoms with Gasteiger partial charge in [0.15, 0.2) is 0 Å². The number of nitrogens with one attached hydrogen (secondary N) is 2. The highest BCUT2D eigenvalue weighted by molar-refractivity contribution is 7.89. The minimum Gasteiger partial charge on any atom is -0.391 e. The molecule has 146 valence electrons. The molecular weight excluding hydrogens is 378 g/mol. The van der Waals surface area contributed by atoms with Crippen LogP contribution in [0.4, 0.5) is 0 Å². The molecule has 0 aliphatic carbocycles. The quantitative estimate of drug-likeness (QED) is 0.652. The lowest BCUT2D eigenvalue weighted by atomic mass is 9.97. The lowest BCUT2D eigenvalue weighted by Crippen LogP contribution is -2.44. The van der Waals surface area contributed by atoms with Gasteiger partial charge < -0.3 is 15.7 Å². The lowest BCUT2D eigenvalue weighted by molar-refractivity contribution is -0.126. The molecule has 2 saturated heterocycles. The molecule has 2 aliphatic heterocycles. The van der Waals surface area contributed by atoms with Gasteiger partial charge >= 0.3 is 0 Å². The molecule has 1 aromatic rings. The molecule has 1 amide bonds. The second-order valence-corrected chi connectivity index (χ2v) is 8.66. The fraction of sp³-hybridized carbons (Fsp3) is 0.588. The standard InChI is InChI=1S/C17H25N3O4S.ClH/c21-16-12-18-10-14(16)11-19-17(22)13-6-8-20(9-7-13)25(23,24)15-4-2-1-3-5-15;/h1-5,13-14,16,18,21H,6-12H2,(H,19,22);1H. The van der Waals surface area contributed by atoms with Gasteiger partial charge in [-0.1, -0.05) is 18.2 Å². The molecule has 2 unspecified atom stereocenters. The normalized spacial score (nSPS) is 24.8. The maximum Gasteiger partial charge on any atom is 0.243 e. The van der Waals surface area contributed by atoms with E-state index in [1.54, 1.807) is 30.3 Å². The van der Waals surface area contributed by atoms with E-state index in [1.165, 1.54) is 4.31 Å². The Kier molecular flexibility index (Phi) is 7.42. The number of halogens is 1. The summed E-state index contributed by atoms with van der Waals surface area (Å²) >= 11 is 0. The van der Waals surface area contributed by atoms with Crippen LogP contribution in [0.25, 0.3) is 0 Å². The summed E-state index contributed by atoms with van der Waals surface area (Å²) in [6.45, 7) is 2.42. The summed E-state index contributed by atoms with van der Waals surface area (Å²) in [5.41, 5.74) is 0. The molecule has 2 aliphatic rings. The van der Waals surface area contributed by atoms with Gasteiger partial charge in [0, 0.05) is 44.6 Å². The first-order valence-corrected chi connectivity index (χ1v) is 10.1. The van der Waals surface area contributed by atoms with Gasteiger partial charge in [-0.3, -0.25) is 4.79 Å². The van der Waals surface area contributed by atoms with Gasteiger partial charge in [-0.05, 0) is 25.0 Å². The number of rotatable bonds is 5. The van der Waals surface area contributed by atoms with Gasteiger partial charge in [-0.25, -0.2) is 8.42 Å². The summed E-state index contributed by atoms with van der Waals surface area (Å²) in [7, 11) is -3.48. The third kappa shape index (κ3) is 4.75. The van der Waals surface area contributed by atoms with Crippen molar-refractivity contribution in [3.05, 3.63) is 30.3 Å². The largest absolute Gasteiger partial charge is 0.391 e. The fourth-order valence-electron chi connectivity index (χ4n) is 3.40. The molecule has 0 bridgehead atoms. The van der Waals surface area contributed by atoms with Gasteiger partial charge in [0.05, 0.1) is 11.0 Å². The van der Waals surface area contributed by atoms with E-state index in [-0.39, 0.29) is 30.2 Å². The Morgan fingerprint density at radius 1 is 1.19 bits per heavy atom. The molecule has 0 spiro atoms. The monoisotopic (exact) mass is 403 g/mol. The number of β-amino-alcohol motifs (C(OH)–C–C–N with tert-alkyl or cyclic N) is 1. The van der Waals surface area contributed by atoms with E-state index >= 15 is 0 Å². The minimum atomic E-state index is -3.48. The van der Waals surface area contributed by atoms with Crippen molar-refractivity contribution in [1.29, 1.82) is 0 Å². The Morgan fingerprint density at radius 2 is 1.85 bits per heavy atom. The third-order valence-electron chi connectivity index (χ3n) is 5.05. The van der Waals surface area contributed by atoms with Crippen LogP contribution in [0.2, 0.25) is 0 Å². The maximum atomic E-state index is 12.6. The molecule has 7 nitrogen and oxygen atoms in total. The van der Waals surface area contributed by atoms with E-state index < -0.39 is 16.1 Å². The maximum absolute atomic E-state index is 12.6. The van der Waals surface area contributed by atoms with Gasteiger partial charge in [0.2, 0.25) is 15.9 Å². The summed E-state index contributed by atoms with van der Waals surface area (Å²) in [5, 5.41) is 15.7. The van der Waals surface area contributed by atoms with Gasteiger partial charge in [0.25, 0.3) is 0 Å². The van der Waals surface area contributed by atoms with Crippen LogP contribution in [-0.2, 0) is 14.8 Å². The number of piperidine rings is 1. The Labute approximate surface area is 160 Å². The SMILES string of the molecule is Cl.O=C(NCC1CNCC1O)C1CCN(S(=O)(=O)c2ccccc2)CC1. The number of hydrogen-bond acceptors (Lipinski definition) is 5. The number of hydrogen-bond donors (Lipinski definition) is 3. The molecule has 9 heteroatoms. The zero-order valence-electron chi connectivity index (χ0n) is 14.5. The topological polar surface area (TPSA) is 98.7 Å². The number of aliphatic hydroxyl groups excluding tert-OH is 1. The average molecular weight is 404 g/mol. The van der Waals surface area contributed by atoms with E-state index in [1.807, 2.05) is 0 Å². The van der Waals surface area contributed by atoms with Crippen LogP contribution in [0.1, 0.15) is 12.8 Å². The number of benzene rings is 1. The molecule has 0 saturated carbocycles. The van der Waals surface area contributed by atoms with E-state index in [0.29, 0.717) is 50.5 Å². The van der Waals surface area contributed by atoms with Crippen molar-refractivity contribution in [2.24, 2.45) is 11.8 Å². The predicted octanol–water partition coefficient (Wildman–Crippen LogP) is 0.206. The smallest absolute Gasteiger partial charge is 0.243 e. The molecule has 3 N–H and O–H groups in total. The molecule has 1 aromatic carbocycles. The van der Waals surface area contributed by atoms with Crippen LogP contribution in [0.15, 0.2) is 35.2 Å². The first kappa shape index (κ1) is 21.1. The molecule has 0 radical (unpaired) electrons. The van der Waals surface area contributed by atoms with E-state index in [9.17, 15) is 18.3 Å². The predicted molar refractivity (Wildman–Crippen MR) is 101 cm³/mol. The minimum absolute atomic E-state index is 0. The van der Waals surface area contributed by atoms with Crippen LogP contribution in [0, 0.1) is 11.8 Å². The average Bonchev–Trinajstić information content (AvgIpc) is 3.05. The highest BCUT2D eigenvalue weighted by Crippen LogP contribution is 2.24. The summed E-state index contributed by atoms with van der Waals surface area (Å²) in [6, 6.07) is 8.38. The number of nitrogens with zero attached hydrogens (tertiary/aromatic N) is 1. The molecule has 0 aromatic heterocycles. The van der Waals surface area contributed by atoms with Crippen molar-refractivity contribution in [3.8, 4) is 0 Å². The Bertz CT molecular complexity index is 693. The van der Waals surface area contributed by atoms with Gasteiger partial charge in [-0.2, -0.15) is 4.31 Å². The fourth-order valence-corrected chi connectivity index (χ4v) is 4.89. The number of carbonyl (C=O) groups excluding carboxylic acids is 1. The van der Waals surface area contributed by atoms with Crippen LogP contribution in [0.3, 0.4) is 0 Å². The number of carbonyl (C=O) groups is 1. The Morgan fingerprint density at radius 3 is 2.42 bits per heavy atom. The first-order valence-electron chi connectivity index (χ1n) is 8.70. The van der Waals surface area contributed by atoms with Gasteiger partial charge in [0.1, 0.15) is 0 Å². The Hall–Kier alpha value is -1.19. The summed E-state index contributed by atoms with van der Waals surface area (Å²) in [6.07, 6.45) is 0.616. The van der Waals surface area contributed by atoms with Crippen molar-refractivity contribution < 1.29 is 18.3 Å². The van der Waals surface area contributed by atoms with Crippen molar-refractivity contribution in [2.45, 2.75) is 23.8 Å². The summed E-state index contributed by atoms with van der Waals surface area (Å²) in [5.74, 6) is -0.174. The number of amides is 1. The summed E-state index contributed by atoms with van der Waals surface area (Å²) in [4.78, 5) is 12.6. The first-order chi connectivity index (χ1) is 12.0. The molecule has 26 heavy (non-hydrogen) atoms. The van der Waals surface area contributed by atoms with Crippen molar-refractivity contribution in [3.63, 3.8) is 0 Å². The molecule has 2 heterocycles. The zero-order valence-corrected chi connectivity index (χ0v) is 16.1. The highest BCUT2D eigenvalue weighted by atomic mass is 35.5. The van der Waals surface area contributed by atoms with Crippen molar-refractivity contribution in [2.75, 3.05) is 32.7 Å². The summed E-state index contributed by atoms with van der Waals surface area (Å²) < 4.78 is 26.6. The number of sulfonamides is 1. The second-order valence-electron chi connectivity index (χ2n) is 6.72. The van der Waals surface area contributed by atoms with Crippen LogP contribution >= 0.6 is 12.4 Å². The molecule has 3 rings (SSSR count). The number of aliphatic hydroxyl groups is 1. The van der Waals surface area contributed by atoms with Crippen molar-refractivity contribution >= 4 is 28.3 Å². The van der Waals surface area contributed by atoms with Crippen LogP contribution < -0.4 is 10.6 Å². The molecule has 2 atom stereocenters. The molecule has 2 fully saturated rings.